The molecule has 6 heteroatoms. The summed E-state index contributed by atoms with van der Waals surface area (Å²) in [6.07, 6.45) is 1.68. The Hall–Kier alpha value is -0.980. The third-order valence-corrected chi connectivity index (χ3v) is 4.37. The minimum Gasteiger partial charge on any atom is -0.480 e. The van der Waals surface area contributed by atoms with Crippen LogP contribution in [0.2, 0.25) is 0 Å². The quantitative estimate of drug-likeness (QED) is 0.870. The number of rotatable bonds is 5. The van der Waals surface area contributed by atoms with Crippen LogP contribution in [0.3, 0.4) is 0 Å². The number of carboxylic acids is 1. The van der Waals surface area contributed by atoms with E-state index in [1.165, 1.54) is 4.88 Å². The van der Waals surface area contributed by atoms with Crippen LogP contribution in [0, 0.1) is 0 Å². The van der Waals surface area contributed by atoms with Crippen molar-refractivity contribution < 1.29 is 14.6 Å². The largest absolute Gasteiger partial charge is 0.480 e. The zero-order valence-electron chi connectivity index (χ0n) is 10.7. The summed E-state index contributed by atoms with van der Waals surface area (Å²) < 4.78 is 5.05. The molecule has 1 aromatic rings. The first kappa shape index (κ1) is 13.5. The first-order chi connectivity index (χ1) is 8.61. The zero-order chi connectivity index (χ0) is 13.1. The van der Waals surface area contributed by atoms with Gasteiger partial charge >= 0.3 is 5.97 Å². The van der Waals surface area contributed by atoms with Gasteiger partial charge in [0.25, 0.3) is 0 Å². The Morgan fingerprint density at radius 3 is 3.11 bits per heavy atom. The van der Waals surface area contributed by atoms with E-state index in [0.717, 1.165) is 30.1 Å². The van der Waals surface area contributed by atoms with Gasteiger partial charge in [0.15, 0.2) is 0 Å². The molecule has 0 saturated carbocycles. The van der Waals surface area contributed by atoms with E-state index in [9.17, 15) is 4.79 Å². The van der Waals surface area contributed by atoms with Gasteiger partial charge < -0.3 is 9.84 Å². The van der Waals surface area contributed by atoms with Gasteiger partial charge in [0, 0.05) is 37.9 Å². The van der Waals surface area contributed by atoms with E-state index < -0.39 is 12.0 Å². The van der Waals surface area contributed by atoms with Crippen LogP contribution in [-0.2, 0) is 28.9 Å². The number of carbonyl (C=O) groups is 1. The second-order valence-electron chi connectivity index (χ2n) is 4.45. The molecular formula is C12H18N2O3S. The number of aromatic nitrogens is 1. The number of aliphatic carboxylic acids is 1. The number of thiazole rings is 1. The normalized spacial score (nSPS) is 17.4. The number of hydrogen-bond donors (Lipinski definition) is 1. The fourth-order valence-electron chi connectivity index (χ4n) is 2.05. The molecule has 0 amide bonds. The van der Waals surface area contributed by atoms with E-state index in [0.29, 0.717) is 13.2 Å². The molecule has 0 bridgehead atoms. The Balaban J connectivity index is 2.05. The highest BCUT2D eigenvalue weighted by Crippen LogP contribution is 2.26. The lowest BCUT2D eigenvalue weighted by atomic mass is 10.1. The molecule has 100 valence electrons. The third kappa shape index (κ3) is 2.88. The van der Waals surface area contributed by atoms with Crippen LogP contribution in [0.4, 0.5) is 0 Å². The van der Waals surface area contributed by atoms with E-state index >= 15 is 0 Å². The lowest BCUT2D eigenvalue weighted by Gasteiger charge is -2.29. The monoisotopic (exact) mass is 270 g/mol. The molecule has 1 atom stereocenters. The number of methoxy groups -OCH3 is 1. The van der Waals surface area contributed by atoms with Crippen LogP contribution in [0.25, 0.3) is 0 Å². The van der Waals surface area contributed by atoms with Crippen molar-refractivity contribution in [2.75, 3.05) is 20.3 Å². The molecule has 0 radical (unpaired) electrons. The van der Waals surface area contributed by atoms with Crippen molar-refractivity contribution in [1.29, 1.82) is 0 Å². The minimum absolute atomic E-state index is 0.428. The Morgan fingerprint density at radius 1 is 1.67 bits per heavy atom. The molecule has 0 fully saturated rings. The van der Waals surface area contributed by atoms with Gasteiger partial charge in [0.05, 0.1) is 17.3 Å². The fourth-order valence-corrected chi connectivity index (χ4v) is 3.17. The predicted molar refractivity (Wildman–Crippen MR) is 68.9 cm³/mol. The van der Waals surface area contributed by atoms with Crippen molar-refractivity contribution in [2.45, 2.75) is 32.4 Å². The number of ether oxygens (including phenoxy) is 1. The summed E-state index contributed by atoms with van der Waals surface area (Å²) in [5.41, 5.74) is 1.14. The fraction of sp³-hybridized carbons (Fsp3) is 0.667. The molecule has 1 N–H and O–H groups in total. The number of nitrogens with zero attached hydrogens (tertiary/aromatic N) is 2. The van der Waals surface area contributed by atoms with Gasteiger partial charge in [-0.3, -0.25) is 9.69 Å². The van der Waals surface area contributed by atoms with Crippen molar-refractivity contribution in [3.8, 4) is 0 Å². The molecule has 0 saturated heterocycles. The van der Waals surface area contributed by atoms with Gasteiger partial charge in [-0.05, 0) is 6.92 Å². The predicted octanol–water partition coefficient (Wildman–Crippen LogP) is 1.16. The maximum atomic E-state index is 11.0. The van der Waals surface area contributed by atoms with Crippen LogP contribution in [0.1, 0.15) is 22.5 Å². The van der Waals surface area contributed by atoms with Crippen LogP contribution in [0.5, 0.6) is 0 Å². The van der Waals surface area contributed by atoms with Crippen molar-refractivity contribution >= 4 is 17.3 Å². The number of hydrogen-bond acceptors (Lipinski definition) is 5. The van der Waals surface area contributed by atoms with Crippen molar-refractivity contribution in [1.82, 2.24) is 9.88 Å². The molecule has 1 aliphatic heterocycles. The Kier molecular flexibility index (Phi) is 4.31. The van der Waals surface area contributed by atoms with Gasteiger partial charge in [0.1, 0.15) is 6.04 Å². The van der Waals surface area contributed by atoms with E-state index in [2.05, 4.69) is 4.98 Å². The summed E-state index contributed by atoms with van der Waals surface area (Å²) in [6.45, 7) is 3.89. The Labute approximate surface area is 110 Å². The summed E-state index contributed by atoms with van der Waals surface area (Å²) in [7, 11) is 1.68. The molecule has 0 spiro atoms. The topological polar surface area (TPSA) is 62.7 Å². The summed E-state index contributed by atoms with van der Waals surface area (Å²) in [6, 6.07) is -0.428. The lowest BCUT2D eigenvalue weighted by molar-refractivity contribution is -0.142. The van der Waals surface area contributed by atoms with Crippen LogP contribution in [0.15, 0.2) is 0 Å². The first-order valence-corrected chi connectivity index (χ1v) is 6.86. The average molecular weight is 270 g/mol. The van der Waals surface area contributed by atoms with Crippen molar-refractivity contribution in [3.05, 3.63) is 15.6 Å². The van der Waals surface area contributed by atoms with Crippen LogP contribution < -0.4 is 0 Å². The van der Waals surface area contributed by atoms with E-state index in [1.54, 1.807) is 25.4 Å². The van der Waals surface area contributed by atoms with Gasteiger partial charge in [-0.2, -0.15) is 0 Å². The number of carboxylic acid groups (broad SMARTS) is 1. The van der Waals surface area contributed by atoms with Gasteiger partial charge in [-0.1, -0.05) is 0 Å². The van der Waals surface area contributed by atoms with Crippen LogP contribution >= 0.6 is 11.3 Å². The first-order valence-electron chi connectivity index (χ1n) is 6.05. The molecular weight excluding hydrogens is 252 g/mol. The van der Waals surface area contributed by atoms with E-state index in [4.69, 9.17) is 9.84 Å². The maximum Gasteiger partial charge on any atom is 0.320 e. The molecule has 0 aliphatic carbocycles. The minimum atomic E-state index is -0.762. The zero-order valence-corrected chi connectivity index (χ0v) is 11.5. The highest BCUT2D eigenvalue weighted by molar-refractivity contribution is 7.11. The second-order valence-corrected chi connectivity index (χ2v) is 5.62. The summed E-state index contributed by atoms with van der Waals surface area (Å²) in [5, 5.41) is 10.1. The second kappa shape index (κ2) is 5.77. The SMILES string of the molecule is COCCc1nc2c(s1)CN(C(C)C(=O)O)CC2. The van der Waals surface area contributed by atoms with Gasteiger partial charge in [-0.25, -0.2) is 4.98 Å². The molecule has 1 unspecified atom stereocenters. The van der Waals surface area contributed by atoms with Crippen molar-refractivity contribution in [2.24, 2.45) is 0 Å². The van der Waals surface area contributed by atoms with E-state index in [-0.39, 0.29) is 0 Å². The summed E-state index contributed by atoms with van der Waals surface area (Å²) in [5.74, 6) is -0.762. The van der Waals surface area contributed by atoms with Crippen LogP contribution in [-0.4, -0.2) is 47.3 Å². The Bertz CT molecular complexity index is 433. The lowest BCUT2D eigenvalue weighted by Crippen LogP contribution is -2.41. The number of fused-ring (bicyclic) bond motifs is 1. The molecule has 0 aromatic carbocycles. The summed E-state index contributed by atoms with van der Waals surface area (Å²) >= 11 is 1.68. The van der Waals surface area contributed by atoms with Gasteiger partial charge in [0.2, 0.25) is 0 Å². The van der Waals surface area contributed by atoms with Gasteiger partial charge in [-0.15, -0.1) is 11.3 Å². The molecule has 1 aliphatic rings. The molecule has 18 heavy (non-hydrogen) atoms. The maximum absolute atomic E-state index is 11.0. The summed E-state index contributed by atoms with van der Waals surface area (Å²) in [4.78, 5) is 18.8. The standard InChI is InChI=1S/C12H18N2O3S/c1-8(12(15)16)14-5-3-9-10(7-14)18-11(13-9)4-6-17-2/h8H,3-7H2,1-2H3,(H,15,16). The molecule has 5 nitrogen and oxygen atoms in total. The highest BCUT2D eigenvalue weighted by atomic mass is 32.1. The Morgan fingerprint density at radius 2 is 2.44 bits per heavy atom. The van der Waals surface area contributed by atoms with Crippen molar-refractivity contribution in [3.63, 3.8) is 0 Å². The highest BCUT2D eigenvalue weighted by Gasteiger charge is 2.27. The molecule has 2 heterocycles. The van der Waals surface area contributed by atoms with E-state index in [1.807, 2.05) is 4.90 Å². The molecule has 2 rings (SSSR count). The average Bonchev–Trinajstić information content (AvgIpc) is 2.76. The molecule has 1 aromatic heterocycles. The third-order valence-electron chi connectivity index (χ3n) is 3.23. The smallest absolute Gasteiger partial charge is 0.320 e.